The summed E-state index contributed by atoms with van der Waals surface area (Å²) in [6.07, 6.45) is 3.66. The van der Waals surface area contributed by atoms with E-state index in [4.69, 9.17) is 23.7 Å². The maximum Gasteiger partial charge on any atom is 0.201 e. The molecule has 4 aliphatic heterocycles. The van der Waals surface area contributed by atoms with Crippen LogP contribution in [0, 0.1) is 23.7 Å². The first-order valence-corrected chi connectivity index (χ1v) is 10.9. The first kappa shape index (κ1) is 19.1. The molecule has 5 aliphatic rings. The van der Waals surface area contributed by atoms with Crippen LogP contribution in [0.4, 0.5) is 0 Å². The fourth-order valence-electron chi connectivity index (χ4n) is 6.14. The summed E-state index contributed by atoms with van der Waals surface area (Å²) < 4.78 is 19.4. The fourth-order valence-corrected chi connectivity index (χ4v) is 6.14. The van der Waals surface area contributed by atoms with E-state index in [0.717, 1.165) is 30.8 Å². The molecule has 5 nitrogen and oxygen atoms in total. The molecule has 1 spiro atoms. The largest absolute Gasteiger partial charge is 0.463 e. The number of hydrogen-bond donors (Lipinski definition) is 0. The Morgan fingerprint density at radius 1 is 1.00 bits per heavy atom. The molecule has 1 aromatic heterocycles. The summed E-state index contributed by atoms with van der Waals surface area (Å²) in [5.41, 5.74) is -0.534. The van der Waals surface area contributed by atoms with Crippen molar-refractivity contribution in [1.29, 1.82) is 0 Å². The van der Waals surface area contributed by atoms with Gasteiger partial charge in [-0.3, -0.25) is 0 Å². The van der Waals surface area contributed by atoms with Gasteiger partial charge in [-0.05, 0) is 56.1 Å². The molecule has 0 amide bonds. The highest BCUT2D eigenvalue weighted by Gasteiger charge is 2.69. The molecular formula is C23H34O5. The minimum Gasteiger partial charge on any atom is -0.463 e. The minimum atomic E-state index is -0.734. The summed E-state index contributed by atoms with van der Waals surface area (Å²) in [4.78, 5) is 12.1. The average Bonchev–Trinajstić information content (AvgIpc) is 3.01. The number of fused-ring (bicyclic) bond motifs is 2. The monoisotopic (exact) mass is 390 g/mol. The Bertz CT molecular complexity index is 750. The van der Waals surface area contributed by atoms with Crippen LogP contribution in [0.3, 0.4) is 0 Å². The maximum atomic E-state index is 6.65. The van der Waals surface area contributed by atoms with E-state index in [9.17, 15) is 0 Å². The van der Waals surface area contributed by atoms with Crippen LogP contribution in [0.1, 0.15) is 84.9 Å². The lowest BCUT2D eigenvalue weighted by atomic mass is 9.57. The highest BCUT2D eigenvalue weighted by Crippen LogP contribution is 2.62. The Hall–Kier alpha value is -0.880. The normalized spacial score (nSPS) is 48.2. The van der Waals surface area contributed by atoms with Gasteiger partial charge in [0.1, 0.15) is 17.6 Å². The predicted molar refractivity (Wildman–Crippen MR) is 103 cm³/mol. The Kier molecular flexibility index (Phi) is 4.14. The number of hydrogen-bond acceptors (Lipinski definition) is 5. The van der Waals surface area contributed by atoms with Gasteiger partial charge in [-0.2, -0.15) is 0 Å². The molecule has 2 bridgehead atoms. The van der Waals surface area contributed by atoms with Gasteiger partial charge in [0.25, 0.3) is 0 Å². The summed E-state index contributed by atoms with van der Waals surface area (Å²) in [5.74, 6) is 2.71. The Morgan fingerprint density at radius 3 is 2.50 bits per heavy atom. The number of ether oxygens (including phenoxy) is 2. The van der Waals surface area contributed by atoms with Crippen molar-refractivity contribution in [2.75, 3.05) is 0 Å². The van der Waals surface area contributed by atoms with Crippen molar-refractivity contribution in [1.82, 2.24) is 0 Å². The standard InChI is InChI=1S/C23H34O5/c1-13-7-8-16-14(2)19(17-9-10-18(24-17)21(3,4)5)25-20-23(16)15(13)11-12-22(6,26-20)27-28-23/h9-10,13-16,19-20H,7-8,11-12H2,1-6H3/t13-,14-,15+,16+,19-,20-,22-,23-/m1/s1. The average molecular weight is 391 g/mol. The van der Waals surface area contributed by atoms with Crippen LogP contribution in [0.2, 0.25) is 0 Å². The molecule has 0 radical (unpaired) electrons. The van der Waals surface area contributed by atoms with Crippen LogP contribution in [-0.2, 0) is 24.7 Å². The van der Waals surface area contributed by atoms with Gasteiger partial charge in [-0.25, -0.2) is 9.78 Å². The SMILES string of the molecule is C[C@H]1[C@H](c2ccc(C(C)(C)C)o2)O[C@@H]2O[C@@]3(C)CC[C@H]4[C@H](C)CC[C@@H]1[C@@]24OO3. The molecule has 4 saturated heterocycles. The van der Waals surface area contributed by atoms with Crippen LogP contribution < -0.4 is 0 Å². The van der Waals surface area contributed by atoms with E-state index >= 15 is 0 Å². The van der Waals surface area contributed by atoms with Gasteiger partial charge in [0.05, 0.1) is 0 Å². The van der Waals surface area contributed by atoms with Gasteiger partial charge in [-0.1, -0.05) is 34.6 Å². The van der Waals surface area contributed by atoms with Crippen molar-refractivity contribution in [3.63, 3.8) is 0 Å². The molecule has 0 N–H and O–H groups in total. The van der Waals surface area contributed by atoms with Crippen molar-refractivity contribution < 1.29 is 23.7 Å². The number of rotatable bonds is 1. The molecule has 1 saturated carbocycles. The molecule has 1 aliphatic carbocycles. The first-order valence-electron chi connectivity index (χ1n) is 10.9. The molecule has 8 atom stereocenters. The van der Waals surface area contributed by atoms with E-state index in [1.165, 1.54) is 6.42 Å². The van der Waals surface area contributed by atoms with Crippen LogP contribution in [-0.4, -0.2) is 17.7 Å². The summed E-state index contributed by atoms with van der Waals surface area (Å²) >= 11 is 0. The topological polar surface area (TPSA) is 50.1 Å². The second-order valence-electron chi connectivity index (χ2n) is 10.8. The molecule has 1 aromatic rings. The second-order valence-corrected chi connectivity index (χ2v) is 10.8. The van der Waals surface area contributed by atoms with Crippen molar-refractivity contribution in [2.45, 2.75) is 96.4 Å². The van der Waals surface area contributed by atoms with Crippen LogP contribution in [0.15, 0.2) is 16.5 Å². The highest BCUT2D eigenvalue weighted by molar-refractivity contribution is 5.19. The second kappa shape index (κ2) is 6.07. The zero-order chi connectivity index (χ0) is 19.9. The van der Waals surface area contributed by atoms with Crippen molar-refractivity contribution in [3.8, 4) is 0 Å². The third-order valence-electron chi connectivity index (χ3n) is 7.80. The van der Waals surface area contributed by atoms with Crippen molar-refractivity contribution in [3.05, 3.63) is 23.7 Å². The van der Waals surface area contributed by atoms with E-state index in [-0.39, 0.29) is 17.4 Å². The van der Waals surface area contributed by atoms with E-state index in [0.29, 0.717) is 17.8 Å². The highest BCUT2D eigenvalue weighted by atomic mass is 17.3. The zero-order valence-corrected chi connectivity index (χ0v) is 18.0. The predicted octanol–water partition coefficient (Wildman–Crippen LogP) is 5.50. The maximum absolute atomic E-state index is 6.65. The lowest BCUT2D eigenvalue weighted by Gasteiger charge is -2.60. The number of furan rings is 1. The van der Waals surface area contributed by atoms with E-state index in [2.05, 4.69) is 46.8 Å². The smallest absolute Gasteiger partial charge is 0.201 e. The van der Waals surface area contributed by atoms with Gasteiger partial charge in [0.2, 0.25) is 5.79 Å². The van der Waals surface area contributed by atoms with Crippen molar-refractivity contribution in [2.24, 2.45) is 23.7 Å². The Labute approximate surface area is 168 Å². The lowest BCUT2D eigenvalue weighted by molar-refractivity contribution is -0.572. The quantitative estimate of drug-likeness (QED) is 0.593. The third kappa shape index (κ3) is 2.59. The van der Waals surface area contributed by atoms with Gasteiger partial charge in [0.15, 0.2) is 11.9 Å². The van der Waals surface area contributed by atoms with E-state index in [1.54, 1.807) is 0 Å². The van der Waals surface area contributed by atoms with Gasteiger partial charge < -0.3 is 13.9 Å². The molecule has 6 rings (SSSR count). The summed E-state index contributed by atoms with van der Waals surface area (Å²) in [6, 6.07) is 4.17. The molecule has 0 unspecified atom stereocenters. The first-order chi connectivity index (χ1) is 13.1. The van der Waals surface area contributed by atoms with Gasteiger partial charge in [-0.15, -0.1) is 0 Å². The summed E-state index contributed by atoms with van der Waals surface area (Å²) in [7, 11) is 0. The van der Waals surface area contributed by atoms with Crippen LogP contribution in [0.5, 0.6) is 0 Å². The minimum absolute atomic E-state index is 0.0228. The lowest BCUT2D eigenvalue weighted by Crippen LogP contribution is -2.69. The summed E-state index contributed by atoms with van der Waals surface area (Å²) in [6.45, 7) is 13.1. The molecule has 5 fully saturated rings. The molecule has 0 aromatic carbocycles. The van der Waals surface area contributed by atoms with Gasteiger partial charge in [0, 0.05) is 17.8 Å². The molecule has 156 valence electrons. The van der Waals surface area contributed by atoms with Gasteiger partial charge >= 0.3 is 0 Å². The van der Waals surface area contributed by atoms with E-state index in [1.807, 2.05) is 6.92 Å². The molecular weight excluding hydrogens is 356 g/mol. The van der Waals surface area contributed by atoms with Crippen molar-refractivity contribution >= 4 is 0 Å². The molecule has 28 heavy (non-hydrogen) atoms. The third-order valence-corrected chi connectivity index (χ3v) is 7.80. The molecule has 5 heterocycles. The summed E-state index contributed by atoms with van der Waals surface area (Å²) in [5, 5.41) is 0. The Balaban J connectivity index is 1.54. The van der Waals surface area contributed by atoms with Crippen LogP contribution >= 0.6 is 0 Å². The zero-order valence-electron chi connectivity index (χ0n) is 18.0. The van der Waals surface area contributed by atoms with E-state index < -0.39 is 17.7 Å². The molecule has 5 heteroatoms. The van der Waals surface area contributed by atoms with Crippen LogP contribution in [0.25, 0.3) is 0 Å². The fraction of sp³-hybridized carbons (Fsp3) is 0.826. The Morgan fingerprint density at radius 2 is 1.79 bits per heavy atom.